The van der Waals surface area contributed by atoms with Gasteiger partial charge in [0.05, 0.1) is 34.6 Å². The van der Waals surface area contributed by atoms with Gasteiger partial charge in [-0.2, -0.15) is 0 Å². The summed E-state index contributed by atoms with van der Waals surface area (Å²) in [5, 5.41) is 3.69. The van der Waals surface area contributed by atoms with Crippen LogP contribution in [0.25, 0.3) is 0 Å². The summed E-state index contributed by atoms with van der Waals surface area (Å²) in [5.74, 6) is 1.46. The van der Waals surface area contributed by atoms with Gasteiger partial charge < -0.3 is 14.8 Å². The van der Waals surface area contributed by atoms with E-state index in [1.165, 1.54) is 22.3 Å². The molecule has 2 atom stereocenters. The summed E-state index contributed by atoms with van der Waals surface area (Å²) in [7, 11) is 9.53. The van der Waals surface area contributed by atoms with Gasteiger partial charge in [0.2, 0.25) is 11.8 Å². The Kier molecular flexibility index (Phi) is 12.0. The molecule has 8 rings (SSSR count). The maximum Gasteiger partial charge on any atom is 0.218 e. The summed E-state index contributed by atoms with van der Waals surface area (Å²) in [5.41, 5.74) is 8.56. The molecule has 2 heterocycles. The molecule has 262 valence electrons. The van der Waals surface area contributed by atoms with Crippen LogP contribution in [0.5, 0.6) is 0 Å². The topological polar surface area (TPSA) is 55.2 Å². The van der Waals surface area contributed by atoms with E-state index in [1.807, 2.05) is 24.3 Å². The van der Waals surface area contributed by atoms with E-state index in [0.29, 0.717) is 25.0 Å². The van der Waals surface area contributed by atoms with Gasteiger partial charge in [-0.05, 0) is 46.5 Å². The van der Waals surface area contributed by atoms with Crippen LogP contribution in [0, 0.1) is 0 Å². The normalized spacial score (nSPS) is 16.4. The molecule has 0 saturated heterocycles. The Hall–Kier alpha value is -4.84. The van der Waals surface area contributed by atoms with Crippen molar-refractivity contribution in [3.8, 4) is 0 Å². The van der Waals surface area contributed by atoms with Crippen LogP contribution >= 0.6 is 20.2 Å². The van der Waals surface area contributed by atoms with E-state index in [9.17, 15) is 0 Å². The maximum absolute atomic E-state index is 6.37. The van der Waals surface area contributed by atoms with Crippen molar-refractivity contribution in [3.05, 3.63) is 203 Å². The third-order valence-electron chi connectivity index (χ3n) is 9.34. The van der Waals surface area contributed by atoms with Crippen LogP contribution in [0.2, 0.25) is 0 Å². The first-order valence-electron chi connectivity index (χ1n) is 17.2. The van der Waals surface area contributed by atoms with Crippen molar-refractivity contribution < 1.29 is 22.6 Å². The molecule has 0 aromatic heterocycles. The minimum absolute atomic E-state index is 0.0551. The van der Waals surface area contributed by atoms with Crippen LogP contribution in [-0.4, -0.2) is 37.1 Å². The molecule has 52 heavy (non-hydrogen) atoms. The molecule has 0 fully saturated rings. The first-order valence-corrected chi connectivity index (χ1v) is 20.2. The Balaban J connectivity index is 0.00000136. The molecule has 2 aliphatic rings. The van der Waals surface area contributed by atoms with Gasteiger partial charge in [0.1, 0.15) is 13.2 Å². The predicted molar refractivity (Wildman–Crippen MR) is 210 cm³/mol. The Labute approximate surface area is 320 Å². The molecule has 0 spiro atoms. The van der Waals surface area contributed by atoms with E-state index in [4.69, 9.17) is 39.7 Å². The smallest absolute Gasteiger partial charge is 0.218 e. The van der Waals surface area contributed by atoms with E-state index in [1.54, 1.807) is 0 Å². The fraction of sp³-hybridized carbons (Fsp3) is 0.136. The number of para-hydroxylation sites is 2. The van der Waals surface area contributed by atoms with Gasteiger partial charge in [-0.3, -0.25) is 0 Å². The van der Waals surface area contributed by atoms with Crippen molar-refractivity contribution in [2.75, 3.05) is 18.5 Å². The summed E-state index contributed by atoms with van der Waals surface area (Å²) in [6.07, 6.45) is 0. The predicted octanol–water partition coefficient (Wildman–Crippen LogP) is 10.8. The van der Waals surface area contributed by atoms with Crippen LogP contribution < -0.4 is 5.32 Å². The van der Waals surface area contributed by atoms with E-state index in [-0.39, 0.29) is 37.1 Å². The Morgan fingerprint density at radius 3 is 1.08 bits per heavy atom. The van der Waals surface area contributed by atoms with Crippen molar-refractivity contribution in [1.82, 2.24) is 0 Å². The number of nitrogens with zero attached hydrogens (tertiary/aromatic N) is 2. The van der Waals surface area contributed by atoms with Crippen LogP contribution in [-0.2, 0) is 22.6 Å². The monoisotopic (exact) mass is 765 g/mol. The number of hydrogen-bond donors (Lipinski definition) is 1. The van der Waals surface area contributed by atoms with E-state index >= 15 is 0 Å². The minimum Gasteiger partial charge on any atom is -0.475 e. The van der Waals surface area contributed by atoms with Gasteiger partial charge in [0, 0.05) is 11.8 Å². The average molecular weight is 767 g/mol. The molecule has 0 amide bonds. The van der Waals surface area contributed by atoms with Crippen molar-refractivity contribution >= 4 is 43.4 Å². The minimum atomic E-state index is -0.0551. The van der Waals surface area contributed by atoms with Gasteiger partial charge in [0.25, 0.3) is 0 Å². The fourth-order valence-electron chi connectivity index (χ4n) is 7.03. The number of aliphatic imine (C=N–C) groups is 2. The molecule has 1 N–H and O–H groups in total. The average Bonchev–Trinajstić information content (AvgIpc) is 3.89. The van der Waals surface area contributed by atoms with Gasteiger partial charge >= 0.3 is 33.3 Å². The first-order chi connectivity index (χ1) is 25.7. The Morgan fingerprint density at radius 2 is 0.750 bits per heavy atom. The summed E-state index contributed by atoms with van der Waals surface area (Å²) in [6, 6.07) is 58.6. The van der Waals surface area contributed by atoms with Crippen LogP contribution in [0.3, 0.4) is 0 Å². The molecule has 0 saturated carbocycles. The van der Waals surface area contributed by atoms with E-state index < -0.39 is 0 Å². The second-order valence-corrected chi connectivity index (χ2v) is 14.3. The largest absolute Gasteiger partial charge is 0.475 e. The summed E-state index contributed by atoms with van der Waals surface area (Å²) in [4.78, 5) is 10.4. The van der Waals surface area contributed by atoms with Gasteiger partial charge in [0.15, 0.2) is 0 Å². The van der Waals surface area contributed by atoms with E-state index in [0.717, 1.165) is 22.5 Å². The number of ether oxygens (including phenoxy) is 2. The zero-order valence-corrected chi connectivity index (χ0v) is 30.8. The van der Waals surface area contributed by atoms with E-state index in [2.05, 4.69) is 151 Å². The summed E-state index contributed by atoms with van der Waals surface area (Å²) < 4.78 is 12.7. The molecule has 0 unspecified atom stereocenters. The van der Waals surface area contributed by atoms with Crippen LogP contribution in [0.1, 0.15) is 45.2 Å². The summed E-state index contributed by atoms with van der Waals surface area (Å²) in [6.45, 7) is 1.01. The third-order valence-corrected chi connectivity index (χ3v) is 9.34. The molecule has 6 aromatic carbocycles. The molecule has 0 aliphatic carbocycles. The number of rotatable bonds is 10. The van der Waals surface area contributed by atoms with Gasteiger partial charge in [-0.1, -0.05) is 146 Å². The van der Waals surface area contributed by atoms with Gasteiger partial charge in [-0.15, -0.1) is 0 Å². The molecule has 8 heteroatoms. The fourth-order valence-corrected chi connectivity index (χ4v) is 7.03. The number of halogens is 2. The summed E-state index contributed by atoms with van der Waals surface area (Å²) >= 11 is 0.194. The van der Waals surface area contributed by atoms with Gasteiger partial charge in [-0.25, -0.2) is 9.98 Å². The number of benzene rings is 6. The molecule has 0 radical (unpaired) electrons. The molecular weight excluding hydrogens is 729 g/mol. The maximum atomic E-state index is 6.37. The second-order valence-electron chi connectivity index (χ2n) is 12.5. The zero-order valence-electron chi connectivity index (χ0n) is 28.2. The van der Waals surface area contributed by atoms with Crippen molar-refractivity contribution in [3.63, 3.8) is 0 Å². The molecule has 0 bridgehead atoms. The van der Waals surface area contributed by atoms with Crippen molar-refractivity contribution in [2.24, 2.45) is 9.98 Å². The Morgan fingerprint density at radius 1 is 0.462 bits per heavy atom. The molecular formula is C44H37Cl2FeN3O2. The van der Waals surface area contributed by atoms with Crippen LogP contribution in [0.4, 0.5) is 11.4 Å². The van der Waals surface area contributed by atoms with Crippen molar-refractivity contribution in [2.45, 2.75) is 23.9 Å². The SMILES string of the molecule is [Cl][Fe][Cl].c1ccc(C(c2ccccc2)[C@H]2COC(c3ccccc3Nc3ccccc3C3=N[C@@H](C(c4ccccc4)c4ccccc4)CO3)=N2)cc1. The third kappa shape index (κ3) is 8.28. The molecule has 5 nitrogen and oxygen atoms in total. The zero-order chi connectivity index (χ0) is 35.5. The Bertz CT molecular complexity index is 1870. The number of anilines is 2. The van der Waals surface area contributed by atoms with Crippen molar-refractivity contribution in [1.29, 1.82) is 0 Å². The first kappa shape index (κ1) is 35.6. The molecule has 2 aliphatic heterocycles. The molecule has 6 aromatic rings. The quantitative estimate of drug-likeness (QED) is 0.141. The number of hydrogen-bond acceptors (Lipinski definition) is 5. The second kappa shape index (κ2) is 17.6. The number of nitrogens with one attached hydrogen (secondary N) is 1. The van der Waals surface area contributed by atoms with Crippen LogP contribution in [0.15, 0.2) is 180 Å². The standard InChI is InChI=1S/C44H37N3O2.2ClH.Fe/c1-5-17-31(18-6-1)41(32-19-7-2-8-20-32)39-29-48-43(46-39)35-25-13-15-27-37(35)45-38-28-16-14-26-36(38)44-47-40(30-49-44)42(33-21-9-3-10-22-33)34-23-11-4-12-24-34;;;/h1-28,39-42,45H,29-30H2;2*1H;/q;;;+2/p-2/t39-,40-;;;/m1.../s1.